The molecule has 1 amide bonds. The van der Waals surface area contributed by atoms with E-state index in [1.54, 1.807) is 6.92 Å². The molecule has 0 aliphatic heterocycles. The third-order valence-corrected chi connectivity index (χ3v) is 2.23. The summed E-state index contributed by atoms with van der Waals surface area (Å²) in [5.41, 5.74) is -0.549. The molecule has 92 valence electrons. The second-order valence-corrected chi connectivity index (χ2v) is 3.41. The SMILES string of the molecule is CCC(NC(=O)c1c(O)cccc1F)C(=O)O. The molecular formula is C11H12FNO4. The van der Waals surface area contributed by atoms with E-state index in [1.807, 2.05) is 0 Å². The van der Waals surface area contributed by atoms with E-state index in [4.69, 9.17) is 5.11 Å². The Labute approximate surface area is 96.9 Å². The number of carbonyl (C=O) groups excluding carboxylic acids is 1. The van der Waals surface area contributed by atoms with Crippen LogP contribution in [-0.4, -0.2) is 28.1 Å². The monoisotopic (exact) mass is 241 g/mol. The Morgan fingerprint density at radius 3 is 2.59 bits per heavy atom. The molecule has 6 heteroatoms. The number of carbonyl (C=O) groups is 2. The lowest BCUT2D eigenvalue weighted by molar-refractivity contribution is -0.139. The molecule has 1 atom stereocenters. The van der Waals surface area contributed by atoms with Crippen LogP contribution in [0.4, 0.5) is 4.39 Å². The topological polar surface area (TPSA) is 86.6 Å². The molecule has 0 aliphatic rings. The smallest absolute Gasteiger partial charge is 0.326 e. The predicted octanol–water partition coefficient (Wildman–Crippen LogP) is 1.12. The first kappa shape index (κ1) is 13.0. The number of rotatable bonds is 4. The number of amides is 1. The van der Waals surface area contributed by atoms with Gasteiger partial charge in [0.15, 0.2) is 0 Å². The molecule has 0 heterocycles. The Balaban J connectivity index is 2.94. The molecule has 1 rings (SSSR count). The van der Waals surface area contributed by atoms with Crippen LogP contribution in [0.3, 0.4) is 0 Å². The third kappa shape index (κ3) is 2.93. The fourth-order valence-electron chi connectivity index (χ4n) is 1.31. The highest BCUT2D eigenvalue weighted by Crippen LogP contribution is 2.19. The summed E-state index contributed by atoms with van der Waals surface area (Å²) in [7, 11) is 0. The minimum Gasteiger partial charge on any atom is -0.507 e. The first-order chi connectivity index (χ1) is 7.97. The summed E-state index contributed by atoms with van der Waals surface area (Å²) in [4.78, 5) is 22.3. The largest absolute Gasteiger partial charge is 0.507 e. The Bertz CT molecular complexity index is 427. The molecule has 0 bridgehead atoms. The molecule has 0 saturated heterocycles. The van der Waals surface area contributed by atoms with Crippen molar-refractivity contribution in [1.29, 1.82) is 0 Å². The number of aliphatic carboxylic acids is 1. The molecule has 0 aliphatic carbocycles. The average molecular weight is 241 g/mol. The highest BCUT2D eigenvalue weighted by Gasteiger charge is 2.22. The average Bonchev–Trinajstić information content (AvgIpc) is 2.25. The van der Waals surface area contributed by atoms with Crippen molar-refractivity contribution in [3.8, 4) is 5.75 Å². The van der Waals surface area contributed by atoms with E-state index in [-0.39, 0.29) is 6.42 Å². The van der Waals surface area contributed by atoms with E-state index in [2.05, 4.69) is 5.32 Å². The van der Waals surface area contributed by atoms with Gasteiger partial charge in [0.1, 0.15) is 23.2 Å². The quantitative estimate of drug-likeness (QED) is 0.737. The number of benzene rings is 1. The maximum Gasteiger partial charge on any atom is 0.326 e. The molecule has 0 radical (unpaired) electrons. The highest BCUT2D eigenvalue weighted by atomic mass is 19.1. The summed E-state index contributed by atoms with van der Waals surface area (Å²) >= 11 is 0. The summed E-state index contributed by atoms with van der Waals surface area (Å²) in [5, 5.41) is 20.2. The van der Waals surface area contributed by atoms with Crippen LogP contribution in [0.5, 0.6) is 5.75 Å². The summed E-state index contributed by atoms with van der Waals surface area (Å²) in [5.74, 6) is -3.59. The zero-order chi connectivity index (χ0) is 13.0. The summed E-state index contributed by atoms with van der Waals surface area (Å²) in [6, 6.07) is 2.30. The Morgan fingerprint density at radius 2 is 2.12 bits per heavy atom. The van der Waals surface area contributed by atoms with Gasteiger partial charge in [0, 0.05) is 0 Å². The zero-order valence-corrected chi connectivity index (χ0v) is 9.11. The molecule has 0 fully saturated rings. The fourth-order valence-corrected chi connectivity index (χ4v) is 1.31. The van der Waals surface area contributed by atoms with Crippen molar-refractivity contribution in [1.82, 2.24) is 5.32 Å². The first-order valence-electron chi connectivity index (χ1n) is 4.98. The maximum atomic E-state index is 13.3. The molecule has 0 spiro atoms. The molecule has 0 aromatic heterocycles. The second kappa shape index (κ2) is 5.29. The fraction of sp³-hybridized carbons (Fsp3) is 0.273. The number of aromatic hydroxyl groups is 1. The summed E-state index contributed by atoms with van der Waals surface area (Å²) < 4.78 is 13.3. The Kier molecular flexibility index (Phi) is 4.03. The van der Waals surface area contributed by atoms with E-state index in [0.29, 0.717) is 0 Å². The molecular weight excluding hydrogens is 229 g/mol. The van der Waals surface area contributed by atoms with E-state index in [0.717, 1.165) is 12.1 Å². The van der Waals surface area contributed by atoms with Crippen molar-refractivity contribution in [3.63, 3.8) is 0 Å². The van der Waals surface area contributed by atoms with Gasteiger partial charge in [-0.2, -0.15) is 0 Å². The van der Waals surface area contributed by atoms with Crippen molar-refractivity contribution >= 4 is 11.9 Å². The van der Waals surface area contributed by atoms with E-state index >= 15 is 0 Å². The number of hydrogen-bond acceptors (Lipinski definition) is 3. The van der Waals surface area contributed by atoms with E-state index in [1.165, 1.54) is 6.07 Å². The number of phenols is 1. The number of phenolic OH excluding ortho intramolecular Hbond substituents is 1. The van der Waals surface area contributed by atoms with Gasteiger partial charge in [-0.15, -0.1) is 0 Å². The first-order valence-corrected chi connectivity index (χ1v) is 4.98. The van der Waals surface area contributed by atoms with Crippen LogP contribution >= 0.6 is 0 Å². The van der Waals surface area contributed by atoms with Gasteiger partial charge in [0.25, 0.3) is 5.91 Å². The van der Waals surface area contributed by atoms with Crippen LogP contribution in [-0.2, 0) is 4.79 Å². The van der Waals surface area contributed by atoms with Crippen LogP contribution < -0.4 is 5.32 Å². The van der Waals surface area contributed by atoms with Crippen LogP contribution in [0.25, 0.3) is 0 Å². The normalized spacial score (nSPS) is 11.9. The minimum absolute atomic E-state index is 0.163. The van der Waals surface area contributed by atoms with Crippen molar-refractivity contribution in [2.45, 2.75) is 19.4 Å². The maximum absolute atomic E-state index is 13.3. The van der Waals surface area contributed by atoms with Gasteiger partial charge in [-0.1, -0.05) is 13.0 Å². The van der Waals surface area contributed by atoms with Crippen LogP contribution in [0.1, 0.15) is 23.7 Å². The zero-order valence-electron chi connectivity index (χ0n) is 9.11. The number of hydrogen-bond donors (Lipinski definition) is 3. The lowest BCUT2D eigenvalue weighted by Gasteiger charge is -2.13. The van der Waals surface area contributed by atoms with E-state index < -0.39 is 35.0 Å². The van der Waals surface area contributed by atoms with Gasteiger partial charge in [0.2, 0.25) is 0 Å². The van der Waals surface area contributed by atoms with Gasteiger partial charge in [0.05, 0.1) is 0 Å². The lowest BCUT2D eigenvalue weighted by atomic mass is 10.1. The molecule has 17 heavy (non-hydrogen) atoms. The summed E-state index contributed by atoms with van der Waals surface area (Å²) in [6.07, 6.45) is 0.163. The molecule has 1 aromatic carbocycles. The van der Waals surface area contributed by atoms with Gasteiger partial charge >= 0.3 is 5.97 Å². The molecule has 1 aromatic rings. The Morgan fingerprint density at radius 1 is 1.47 bits per heavy atom. The highest BCUT2D eigenvalue weighted by molar-refractivity contribution is 5.99. The van der Waals surface area contributed by atoms with Crippen molar-refractivity contribution in [3.05, 3.63) is 29.6 Å². The van der Waals surface area contributed by atoms with Gasteiger partial charge in [-0.3, -0.25) is 4.79 Å². The lowest BCUT2D eigenvalue weighted by Crippen LogP contribution is -2.40. The van der Waals surface area contributed by atoms with Crippen LogP contribution in [0, 0.1) is 5.82 Å². The number of nitrogens with one attached hydrogen (secondary N) is 1. The van der Waals surface area contributed by atoms with Crippen LogP contribution in [0.2, 0.25) is 0 Å². The molecule has 5 nitrogen and oxygen atoms in total. The third-order valence-electron chi connectivity index (χ3n) is 2.23. The molecule has 3 N–H and O–H groups in total. The minimum atomic E-state index is -1.21. The molecule has 0 saturated carbocycles. The van der Waals surface area contributed by atoms with Crippen molar-refractivity contribution < 1.29 is 24.2 Å². The van der Waals surface area contributed by atoms with Gasteiger partial charge < -0.3 is 15.5 Å². The number of carboxylic acids is 1. The number of halogens is 1. The van der Waals surface area contributed by atoms with Gasteiger partial charge in [-0.25, -0.2) is 9.18 Å². The summed E-state index contributed by atoms with van der Waals surface area (Å²) in [6.45, 7) is 1.57. The number of carboxylic acid groups (broad SMARTS) is 1. The Hall–Kier alpha value is -2.11. The standard InChI is InChI=1S/C11H12FNO4/c1-2-7(11(16)17)13-10(15)9-6(12)4-3-5-8(9)14/h3-5,7,14H,2H2,1H3,(H,13,15)(H,16,17). The van der Waals surface area contributed by atoms with Crippen molar-refractivity contribution in [2.75, 3.05) is 0 Å². The predicted molar refractivity (Wildman–Crippen MR) is 57.2 cm³/mol. The van der Waals surface area contributed by atoms with Crippen molar-refractivity contribution in [2.24, 2.45) is 0 Å². The molecule has 1 unspecified atom stereocenters. The second-order valence-electron chi connectivity index (χ2n) is 3.41. The van der Waals surface area contributed by atoms with E-state index in [9.17, 15) is 19.1 Å². The van der Waals surface area contributed by atoms with Gasteiger partial charge in [-0.05, 0) is 18.6 Å². The van der Waals surface area contributed by atoms with Crippen LogP contribution in [0.15, 0.2) is 18.2 Å².